The molecule has 5 heteroatoms. The van der Waals surface area contributed by atoms with Crippen LogP contribution in [0.3, 0.4) is 0 Å². The van der Waals surface area contributed by atoms with Crippen LogP contribution in [0, 0.1) is 0 Å². The second kappa shape index (κ2) is 7.41. The lowest BCUT2D eigenvalue weighted by Gasteiger charge is -2.14. The number of nitrogens with zero attached hydrogens (tertiary/aromatic N) is 4. The zero-order valence-electron chi connectivity index (χ0n) is 13.2. The van der Waals surface area contributed by atoms with Gasteiger partial charge < -0.3 is 9.67 Å². The van der Waals surface area contributed by atoms with Crippen molar-refractivity contribution in [1.29, 1.82) is 0 Å². The Morgan fingerprint density at radius 2 is 2.00 bits per heavy atom. The molecule has 116 valence electrons. The van der Waals surface area contributed by atoms with E-state index < -0.39 is 6.10 Å². The Hall–Kier alpha value is -1.62. The summed E-state index contributed by atoms with van der Waals surface area (Å²) in [7, 11) is 0. The van der Waals surface area contributed by atoms with Crippen LogP contribution in [0.15, 0.2) is 24.8 Å². The van der Waals surface area contributed by atoms with Crippen LogP contribution < -0.4 is 0 Å². The molecule has 5 nitrogen and oxygen atoms in total. The van der Waals surface area contributed by atoms with Crippen molar-refractivity contribution < 1.29 is 5.11 Å². The second-order valence-corrected chi connectivity index (χ2v) is 5.49. The van der Waals surface area contributed by atoms with E-state index >= 15 is 0 Å². The summed E-state index contributed by atoms with van der Waals surface area (Å²) >= 11 is 0. The third-order valence-electron chi connectivity index (χ3n) is 3.93. The molecule has 1 unspecified atom stereocenters. The van der Waals surface area contributed by atoms with E-state index in [1.165, 1.54) is 0 Å². The maximum atomic E-state index is 10.4. The number of aryl methyl sites for hydroxylation is 1. The first-order valence-electron chi connectivity index (χ1n) is 7.91. The molecule has 0 aliphatic rings. The molecular formula is C16H26N4O. The van der Waals surface area contributed by atoms with Crippen molar-refractivity contribution in [2.45, 2.75) is 65.1 Å². The predicted molar refractivity (Wildman–Crippen MR) is 83.0 cm³/mol. The minimum Gasteiger partial charge on any atom is -0.386 e. The second-order valence-electron chi connectivity index (χ2n) is 5.49. The SMILES string of the molecule is CCCn1cncc1C(O)Cc1ccn(C(CC)CC)n1. The van der Waals surface area contributed by atoms with Gasteiger partial charge in [0.15, 0.2) is 0 Å². The van der Waals surface area contributed by atoms with Crippen molar-refractivity contribution in [3.05, 3.63) is 36.2 Å². The minimum atomic E-state index is -0.552. The summed E-state index contributed by atoms with van der Waals surface area (Å²) < 4.78 is 4.04. The van der Waals surface area contributed by atoms with Gasteiger partial charge in [-0.25, -0.2) is 4.98 Å². The molecule has 0 radical (unpaired) electrons. The highest BCUT2D eigenvalue weighted by Crippen LogP contribution is 2.19. The van der Waals surface area contributed by atoms with Crippen LogP contribution >= 0.6 is 0 Å². The van der Waals surface area contributed by atoms with Gasteiger partial charge in [-0.1, -0.05) is 20.8 Å². The Bertz CT molecular complexity index is 542. The quantitative estimate of drug-likeness (QED) is 0.812. The van der Waals surface area contributed by atoms with E-state index in [1.807, 2.05) is 21.5 Å². The molecule has 0 fully saturated rings. The average Bonchev–Trinajstić information content (AvgIpc) is 3.10. The van der Waals surface area contributed by atoms with Crippen LogP contribution in [0.2, 0.25) is 0 Å². The van der Waals surface area contributed by atoms with Gasteiger partial charge in [-0.3, -0.25) is 4.68 Å². The van der Waals surface area contributed by atoms with Crippen LogP contribution in [0.4, 0.5) is 0 Å². The van der Waals surface area contributed by atoms with Gasteiger partial charge in [0.05, 0.1) is 30.0 Å². The van der Waals surface area contributed by atoms with Gasteiger partial charge in [-0.05, 0) is 25.3 Å². The summed E-state index contributed by atoms with van der Waals surface area (Å²) in [5.41, 5.74) is 1.80. The van der Waals surface area contributed by atoms with Gasteiger partial charge in [0, 0.05) is 19.2 Å². The fourth-order valence-electron chi connectivity index (χ4n) is 2.69. The smallest absolute Gasteiger partial charge is 0.101 e. The molecule has 1 N–H and O–H groups in total. The number of aromatic nitrogens is 4. The lowest BCUT2D eigenvalue weighted by atomic mass is 10.1. The molecule has 2 heterocycles. The average molecular weight is 290 g/mol. The van der Waals surface area contributed by atoms with Crippen molar-refractivity contribution in [2.24, 2.45) is 0 Å². The highest BCUT2D eigenvalue weighted by atomic mass is 16.3. The van der Waals surface area contributed by atoms with E-state index in [0.29, 0.717) is 12.5 Å². The van der Waals surface area contributed by atoms with Crippen LogP contribution in [0.25, 0.3) is 0 Å². The van der Waals surface area contributed by atoms with E-state index in [4.69, 9.17) is 0 Å². The molecular weight excluding hydrogens is 264 g/mol. The summed E-state index contributed by atoms with van der Waals surface area (Å²) in [5, 5.41) is 15.0. The monoisotopic (exact) mass is 290 g/mol. The van der Waals surface area contributed by atoms with Crippen LogP contribution in [0.1, 0.15) is 63.6 Å². The Morgan fingerprint density at radius 1 is 1.24 bits per heavy atom. The highest BCUT2D eigenvalue weighted by molar-refractivity contribution is 5.09. The highest BCUT2D eigenvalue weighted by Gasteiger charge is 2.16. The van der Waals surface area contributed by atoms with Crippen molar-refractivity contribution in [3.63, 3.8) is 0 Å². The van der Waals surface area contributed by atoms with Gasteiger partial charge in [0.1, 0.15) is 6.10 Å². The van der Waals surface area contributed by atoms with Crippen molar-refractivity contribution in [3.8, 4) is 0 Å². The molecule has 0 saturated heterocycles. The van der Waals surface area contributed by atoms with Gasteiger partial charge in [0.2, 0.25) is 0 Å². The number of hydrogen-bond acceptors (Lipinski definition) is 3. The molecule has 2 rings (SSSR count). The molecule has 2 aromatic rings. The molecule has 0 aromatic carbocycles. The lowest BCUT2D eigenvalue weighted by molar-refractivity contribution is 0.167. The van der Waals surface area contributed by atoms with Crippen molar-refractivity contribution in [2.75, 3.05) is 0 Å². The Morgan fingerprint density at radius 3 is 2.67 bits per heavy atom. The Labute approximate surface area is 126 Å². The van der Waals surface area contributed by atoms with Gasteiger partial charge in [-0.15, -0.1) is 0 Å². The van der Waals surface area contributed by atoms with E-state index in [9.17, 15) is 5.11 Å². The number of aliphatic hydroxyl groups excluding tert-OH is 1. The fourth-order valence-corrected chi connectivity index (χ4v) is 2.69. The summed E-state index contributed by atoms with van der Waals surface area (Å²) in [6.07, 6.45) is 8.70. The van der Waals surface area contributed by atoms with E-state index in [2.05, 4.69) is 30.9 Å². The Kier molecular flexibility index (Phi) is 5.56. The summed E-state index contributed by atoms with van der Waals surface area (Å²) in [6, 6.07) is 2.45. The zero-order chi connectivity index (χ0) is 15.2. The number of aliphatic hydroxyl groups is 1. The first-order valence-corrected chi connectivity index (χ1v) is 7.91. The zero-order valence-corrected chi connectivity index (χ0v) is 13.2. The molecule has 2 aromatic heterocycles. The molecule has 0 aliphatic heterocycles. The first kappa shape index (κ1) is 15.8. The summed E-state index contributed by atoms with van der Waals surface area (Å²) in [4.78, 5) is 4.14. The van der Waals surface area contributed by atoms with E-state index in [-0.39, 0.29) is 0 Å². The topological polar surface area (TPSA) is 55.9 Å². The van der Waals surface area contributed by atoms with Crippen LogP contribution in [-0.4, -0.2) is 24.4 Å². The third kappa shape index (κ3) is 3.73. The van der Waals surface area contributed by atoms with E-state index in [0.717, 1.165) is 37.2 Å². The molecule has 0 amide bonds. The lowest BCUT2D eigenvalue weighted by Crippen LogP contribution is -2.11. The number of hydrogen-bond donors (Lipinski definition) is 1. The van der Waals surface area contributed by atoms with Crippen molar-refractivity contribution >= 4 is 0 Å². The maximum Gasteiger partial charge on any atom is 0.101 e. The van der Waals surface area contributed by atoms with E-state index in [1.54, 1.807) is 12.5 Å². The normalized spacial score (nSPS) is 13.0. The third-order valence-corrected chi connectivity index (χ3v) is 3.93. The minimum absolute atomic E-state index is 0.446. The standard InChI is InChI=1S/C16H26N4O/c1-4-8-19-12-17-11-15(19)16(21)10-13-7-9-20(18-13)14(5-2)6-3/h7,9,11-12,14,16,21H,4-6,8,10H2,1-3H3. The van der Waals surface area contributed by atoms with Gasteiger partial charge >= 0.3 is 0 Å². The molecule has 0 bridgehead atoms. The van der Waals surface area contributed by atoms with Crippen molar-refractivity contribution in [1.82, 2.24) is 19.3 Å². The summed E-state index contributed by atoms with van der Waals surface area (Å²) in [5.74, 6) is 0. The fraction of sp³-hybridized carbons (Fsp3) is 0.625. The molecule has 0 aliphatic carbocycles. The van der Waals surface area contributed by atoms with Crippen LogP contribution in [0.5, 0.6) is 0 Å². The number of imidazole rings is 1. The van der Waals surface area contributed by atoms with Gasteiger partial charge in [0.25, 0.3) is 0 Å². The number of rotatable bonds is 8. The molecule has 0 spiro atoms. The molecule has 21 heavy (non-hydrogen) atoms. The van der Waals surface area contributed by atoms with Crippen LogP contribution in [-0.2, 0) is 13.0 Å². The molecule has 0 saturated carbocycles. The Balaban J connectivity index is 2.05. The predicted octanol–water partition coefficient (Wildman–Crippen LogP) is 3.13. The largest absolute Gasteiger partial charge is 0.386 e. The molecule has 1 atom stereocenters. The summed E-state index contributed by atoms with van der Waals surface area (Å²) in [6.45, 7) is 7.35. The maximum absolute atomic E-state index is 10.4. The first-order chi connectivity index (χ1) is 10.2. The van der Waals surface area contributed by atoms with Gasteiger partial charge in [-0.2, -0.15) is 5.10 Å².